The lowest BCUT2D eigenvalue weighted by Crippen LogP contribution is -1.95. The van der Waals surface area contributed by atoms with Gasteiger partial charge in [0.05, 0.1) is 16.8 Å². The van der Waals surface area contributed by atoms with Gasteiger partial charge in [0, 0.05) is 16.8 Å². The van der Waals surface area contributed by atoms with Crippen molar-refractivity contribution in [2.75, 3.05) is 11.9 Å². The van der Waals surface area contributed by atoms with Crippen molar-refractivity contribution in [1.29, 1.82) is 0 Å². The number of benzene rings is 1. The molecule has 0 aliphatic heterocycles. The summed E-state index contributed by atoms with van der Waals surface area (Å²) >= 11 is 1.62. The molecule has 0 amide bonds. The van der Waals surface area contributed by atoms with Crippen LogP contribution in [0.3, 0.4) is 0 Å². The van der Waals surface area contributed by atoms with Crippen LogP contribution in [0.1, 0.15) is 18.2 Å². The highest BCUT2D eigenvalue weighted by atomic mass is 32.1. The SMILES string of the molecule is CCOc1ccc(Nc2ncnc3c2sc2nc(C)cc(C)c23)cc1. The van der Waals surface area contributed by atoms with Gasteiger partial charge in [0.25, 0.3) is 0 Å². The molecule has 4 rings (SSSR count). The molecular weight excluding hydrogens is 332 g/mol. The first kappa shape index (κ1) is 15.8. The molecule has 0 spiro atoms. The molecule has 0 atom stereocenters. The fourth-order valence-electron chi connectivity index (χ4n) is 2.94. The molecule has 1 N–H and O–H groups in total. The summed E-state index contributed by atoms with van der Waals surface area (Å²) in [7, 11) is 0. The Morgan fingerprint density at radius 1 is 1.12 bits per heavy atom. The Kier molecular flexibility index (Phi) is 3.97. The number of pyridine rings is 1. The molecular formula is C19H18N4OS. The van der Waals surface area contributed by atoms with Crippen LogP contribution in [0.25, 0.3) is 20.4 Å². The number of aromatic nitrogens is 3. The second kappa shape index (κ2) is 6.29. The van der Waals surface area contributed by atoms with Gasteiger partial charge in [0.2, 0.25) is 0 Å². The molecule has 3 heterocycles. The van der Waals surface area contributed by atoms with Crippen molar-refractivity contribution in [3.8, 4) is 5.75 Å². The van der Waals surface area contributed by atoms with Crippen LogP contribution in [0, 0.1) is 13.8 Å². The van der Waals surface area contributed by atoms with Crippen molar-refractivity contribution < 1.29 is 4.74 Å². The minimum Gasteiger partial charge on any atom is -0.494 e. The van der Waals surface area contributed by atoms with E-state index in [0.29, 0.717) is 6.61 Å². The van der Waals surface area contributed by atoms with Crippen molar-refractivity contribution in [3.05, 3.63) is 47.9 Å². The number of rotatable bonds is 4. The van der Waals surface area contributed by atoms with Gasteiger partial charge in [-0.1, -0.05) is 0 Å². The Morgan fingerprint density at radius 2 is 1.92 bits per heavy atom. The third-order valence-corrected chi connectivity index (χ3v) is 5.06. The quantitative estimate of drug-likeness (QED) is 0.561. The minimum atomic E-state index is 0.660. The number of nitrogens with one attached hydrogen (secondary N) is 1. The predicted molar refractivity (Wildman–Crippen MR) is 103 cm³/mol. The summed E-state index contributed by atoms with van der Waals surface area (Å²) in [6.45, 7) is 6.75. The van der Waals surface area contributed by atoms with Crippen molar-refractivity contribution in [3.63, 3.8) is 0 Å². The average Bonchev–Trinajstić information content (AvgIpc) is 2.96. The molecule has 0 saturated carbocycles. The molecule has 0 unspecified atom stereocenters. The molecule has 5 nitrogen and oxygen atoms in total. The fourth-order valence-corrected chi connectivity index (χ4v) is 4.13. The zero-order valence-corrected chi connectivity index (χ0v) is 15.1. The second-order valence-corrected chi connectivity index (χ2v) is 6.84. The van der Waals surface area contributed by atoms with Gasteiger partial charge in [0.1, 0.15) is 16.9 Å². The molecule has 0 radical (unpaired) electrons. The third-order valence-electron chi connectivity index (χ3n) is 3.98. The van der Waals surface area contributed by atoms with Crippen LogP contribution in [0.15, 0.2) is 36.7 Å². The number of hydrogen-bond donors (Lipinski definition) is 1. The summed E-state index contributed by atoms with van der Waals surface area (Å²) in [6, 6.07) is 9.96. The summed E-state index contributed by atoms with van der Waals surface area (Å²) in [4.78, 5) is 14.6. The lowest BCUT2D eigenvalue weighted by atomic mass is 10.1. The van der Waals surface area contributed by atoms with Crippen LogP contribution in [0.4, 0.5) is 11.5 Å². The van der Waals surface area contributed by atoms with Gasteiger partial charge in [0.15, 0.2) is 5.82 Å². The van der Waals surface area contributed by atoms with Gasteiger partial charge in [-0.3, -0.25) is 0 Å². The summed E-state index contributed by atoms with van der Waals surface area (Å²) in [5, 5.41) is 4.50. The van der Waals surface area contributed by atoms with E-state index in [1.54, 1.807) is 17.7 Å². The van der Waals surface area contributed by atoms with Gasteiger partial charge >= 0.3 is 0 Å². The highest BCUT2D eigenvalue weighted by Gasteiger charge is 2.14. The van der Waals surface area contributed by atoms with Crippen LogP contribution in [-0.4, -0.2) is 21.6 Å². The number of thiophene rings is 1. The maximum atomic E-state index is 5.49. The first-order valence-electron chi connectivity index (χ1n) is 8.17. The highest BCUT2D eigenvalue weighted by molar-refractivity contribution is 7.26. The van der Waals surface area contributed by atoms with Crippen molar-refractivity contribution in [2.45, 2.75) is 20.8 Å². The average molecular weight is 350 g/mol. The first-order valence-corrected chi connectivity index (χ1v) is 8.98. The normalized spacial score (nSPS) is 11.2. The second-order valence-electron chi connectivity index (χ2n) is 5.85. The van der Waals surface area contributed by atoms with E-state index in [0.717, 1.165) is 43.4 Å². The van der Waals surface area contributed by atoms with E-state index in [1.165, 1.54) is 5.56 Å². The van der Waals surface area contributed by atoms with E-state index in [9.17, 15) is 0 Å². The third kappa shape index (κ3) is 2.89. The number of anilines is 2. The summed E-state index contributed by atoms with van der Waals surface area (Å²) in [5.41, 5.74) is 4.13. The molecule has 0 aliphatic rings. The summed E-state index contributed by atoms with van der Waals surface area (Å²) in [6.07, 6.45) is 1.60. The van der Waals surface area contributed by atoms with Gasteiger partial charge in [-0.15, -0.1) is 11.3 Å². The Bertz CT molecular complexity index is 1060. The van der Waals surface area contributed by atoms with Crippen LogP contribution < -0.4 is 10.1 Å². The van der Waals surface area contributed by atoms with E-state index in [1.807, 2.05) is 38.1 Å². The molecule has 25 heavy (non-hydrogen) atoms. The number of hydrogen-bond acceptors (Lipinski definition) is 6. The van der Waals surface area contributed by atoms with Crippen molar-refractivity contribution in [2.24, 2.45) is 0 Å². The Hall–Kier alpha value is -2.73. The van der Waals surface area contributed by atoms with E-state index in [4.69, 9.17) is 4.74 Å². The van der Waals surface area contributed by atoms with E-state index in [-0.39, 0.29) is 0 Å². The number of nitrogens with zero attached hydrogens (tertiary/aromatic N) is 3. The molecule has 3 aromatic heterocycles. The molecule has 0 bridgehead atoms. The topological polar surface area (TPSA) is 59.9 Å². The Balaban J connectivity index is 1.78. The summed E-state index contributed by atoms with van der Waals surface area (Å²) in [5.74, 6) is 1.66. The van der Waals surface area contributed by atoms with Crippen LogP contribution >= 0.6 is 11.3 Å². The van der Waals surface area contributed by atoms with Gasteiger partial charge < -0.3 is 10.1 Å². The molecule has 0 fully saturated rings. The number of ether oxygens (including phenoxy) is 1. The van der Waals surface area contributed by atoms with Gasteiger partial charge in [-0.2, -0.15) is 0 Å². The summed E-state index contributed by atoms with van der Waals surface area (Å²) < 4.78 is 6.51. The van der Waals surface area contributed by atoms with Crippen molar-refractivity contribution >= 4 is 43.3 Å². The van der Waals surface area contributed by atoms with Crippen LogP contribution in [0.2, 0.25) is 0 Å². The zero-order valence-electron chi connectivity index (χ0n) is 14.3. The largest absolute Gasteiger partial charge is 0.494 e. The van der Waals surface area contributed by atoms with E-state index >= 15 is 0 Å². The molecule has 0 aliphatic carbocycles. The standard InChI is InChI=1S/C19H18N4OS/c1-4-24-14-7-5-13(6-8-14)23-18-17-16(20-10-21-18)15-11(2)9-12(3)22-19(15)25-17/h5-10H,4H2,1-3H3,(H,20,21,23). The Labute approximate surface area is 149 Å². The van der Waals surface area contributed by atoms with Crippen LogP contribution in [0.5, 0.6) is 5.75 Å². The monoisotopic (exact) mass is 350 g/mol. The predicted octanol–water partition coefficient (Wildman–Crippen LogP) is 5.00. The van der Waals surface area contributed by atoms with Crippen molar-refractivity contribution in [1.82, 2.24) is 15.0 Å². The van der Waals surface area contributed by atoms with Gasteiger partial charge in [-0.25, -0.2) is 15.0 Å². The maximum absolute atomic E-state index is 5.49. The molecule has 1 aromatic carbocycles. The number of aryl methyl sites for hydroxylation is 2. The Morgan fingerprint density at radius 3 is 2.68 bits per heavy atom. The lowest BCUT2D eigenvalue weighted by molar-refractivity contribution is 0.340. The van der Waals surface area contributed by atoms with E-state index in [2.05, 4.69) is 33.3 Å². The minimum absolute atomic E-state index is 0.660. The molecule has 0 saturated heterocycles. The van der Waals surface area contributed by atoms with Gasteiger partial charge in [-0.05, 0) is 56.7 Å². The van der Waals surface area contributed by atoms with E-state index < -0.39 is 0 Å². The van der Waals surface area contributed by atoms with Crippen LogP contribution in [-0.2, 0) is 0 Å². The zero-order chi connectivity index (χ0) is 17.4. The maximum Gasteiger partial charge on any atom is 0.151 e. The molecule has 6 heteroatoms. The number of fused-ring (bicyclic) bond motifs is 3. The fraction of sp³-hybridized carbons (Fsp3) is 0.211. The highest BCUT2D eigenvalue weighted by Crippen LogP contribution is 2.37. The lowest BCUT2D eigenvalue weighted by Gasteiger charge is -2.08. The first-order chi connectivity index (χ1) is 12.2. The molecule has 126 valence electrons. The molecule has 4 aromatic rings. The smallest absolute Gasteiger partial charge is 0.151 e.